The minimum atomic E-state index is 0. The molecule has 1 aromatic carbocycles. The standard InChI is InChI=1S/C24H35N5O2.HI/c1-3-13-31-23-10-9-20(16-26-23)17-27-24(25-4-2)28-18-21-7-5-6-8-22(21)19-29-11-14-30-15-12-29;/h5-10,16H,3-4,11-15,17-19H2,1-2H3,(H2,25,27,28);1H. The summed E-state index contributed by atoms with van der Waals surface area (Å²) in [6.07, 6.45) is 2.80. The Morgan fingerprint density at radius 1 is 1.09 bits per heavy atom. The number of hydrogen-bond acceptors (Lipinski definition) is 5. The van der Waals surface area contributed by atoms with Crippen LogP contribution in [0.25, 0.3) is 0 Å². The summed E-state index contributed by atoms with van der Waals surface area (Å²) in [6.45, 7) is 11.5. The molecule has 1 aromatic heterocycles. The first-order valence-corrected chi connectivity index (χ1v) is 11.2. The van der Waals surface area contributed by atoms with Gasteiger partial charge in [0.2, 0.25) is 5.88 Å². The minimum Gasteiger partial charge on any atom is -0.478 e. The van der Waals surface area contributed by atoms with Gasteiger partial charge in [-0.3, -0.25) is 4.90 Å². The highest BCUT2D eigenvalue weighted by Gasteiger charge is 2.12. The summed E-state index contributed by atoms with van der Waals surface area (Å²) in [5.41, 5.74) is 3.69. The molecular weight excluding hydrogens is 517 g/mol. The third-order valence-corrected chi connectivity index (χ3v) is 5.08. The molecule has 0 saturated carbocycles. The number of guanidine groups is 1. The number of morpholine rings is 1. The zero-order valence-corrected chi connectivity index (χ0v) is 21.5. The number of nitrogens with zero attached hydrogens (tertiary/aromatic N) is 3. The van der Waals surface area contributed by atoms with Gasteiger partial charge in [-0.15, -0.1) is 24.0 Å². The topological polar surface area (TPSA) is 71.0 Å². The molecule has 0 spiro atoms. The monoisotopic (exact) mass is 553 g/mol. The predicted octanol–water partition coefficient (Wildman–Crippen LogP) is 3.58. The van der Waals surface area contributed by atoms with Crippen LogP contribution in [-0.2, 0) is 24.4 Å². The summed E-state index contributed by atoms with van der Waals surface area (Å²) in [5, 5.41) is 6.80. The van der Waals surface area contributed by atoms with Crippen LogP contribution >= 0.6 is 24.0 Å². The Balaban J connectivity index is 0.00000363. The number of hydrogen-bond donors (Lipinski definition) is 2. The number of aromatic nitrogens is 1. The van der Waals surface area contributed by atoms with Gasteiger partial charge in [-0.25, -0.2) is 9.98 Å². The maximum absolute atomic E-state index is 5.55. The van der Waals surface area contributed by atoms with Crippen molar-refractivity contribution in [1.29, 1.82) is 0 Å². The molecule has 2 aromatic rings. The first kappa shape index (κ1) is 26.3. The van der Waals surface area contributed by atoms with E-state index in [0.717, 1.165) is 63.9 Å². The van der Waals surface area contributed by atoms with Gasteiger partial charge in [0.25, 0.3) is 0 Å². The molecule has 1 aliphatic heterocycles. The van der Waals surface area contributed by atoms with Crippen LogP contribution in [-0.4, -0.2) is 55.3 Å². The Hall–Kier alpha value is -1.91. The summed E-state index contributed by atoms with van der Waals surface area (Å²) >= 11 is 0. The minimum absolute atomic E-state index is 0. The Kier molecular flexibility index (Phi) is 12.4. The lowest BCUT2D eigenvalue weighted by Gasteiger charge is -2.27. The number of aliphatic imine (C=N–C) groups is 1. The number of pyridine rings is 1. The van der Waals surface area contributed by atoms with Crippen molar-refractivity contribution >= 4 is 29.9 Å². The molecule has 1 fully saturated rings. The molecule has 1 aliphatic rings. The van der Waals surface area contributed by atoms with E-state index >= 15 is 0 Å². The first-order valence-electron chi connectivity index (χ1n) is 11.2. The Morgan fingerprint density at radius 3 is 2.56 bits per heavy atom. The van der Waals surface area contributed by atoms with Crippen molar-refractivity contribution in [3.63, 3.8) is 0 Å². The second kappa shape index (κ2) is 15.0. The van der Waals surface area contributed by atoms with Crippen molar-refractivity contribution in [2.45, 2.75) is 39.9 Å². The van der Waals surface area contributed by atoms with Crippen LogP contribution in [0.3, 0.4) is 0 Å². The molecule has 0 amide bonds. The molecule has 0 aliphatic carbocycles. The first-order chi connectivity index (χ1) is 15.3. The highest BCUT2D eigenvalue weighted by molar-refractivity contribution is 14.0. The van der Waals surface area contributed by atoms with Crippen molar-refractivity contribution in [2.24, 2.45) is 4.99 Å². The van der Waals surface area contributed by atoms with Crippen molar-refractivity contribution in [3.8, 4) is 5.88 Å². The molecule has 1 saturated heterocycles. The largest absolute Gasteiger partial charge is 0.478 e. The van der Waals surface area contributed by atoms with Crippen molar-refractivity contribution in [2.75, 3.05) is 39.5 Å². The molecule has 2 heterocycles. The number of benzene rings is 1. The molecule has 0 radical (unpaired) electrons. The van der Waals surface area contributed by atoms with Gasteiger partial charge in [-0.05, 0) is 30.0 Å². The Labute approximate surface area is 209 Å². The van der Waals surface area contributed by atoms with Gasteiger partial charge in [0.1, 0.15) is 0 Å². The quantitative estimate of drug-likeness (QED) is 0.267. The third-order valence-electron chi connectivity index (χ3n) is 5.08. The van der Waals surface area contributed by atoms with E-state index in [0.29, 0.717) is 19.0 Å². The van der Waals surface area contributed by atoms with E-state index < -0.39 is 0 Å². The highest BCUT2D eigenvalue weighted by atomic mass is 127. The lowest BCUT2D eigenvalue weighted by molar-refractivity contribution is 0.0341. The van der Waals surface area contributed by atoms with Gasteiger partial charge in [0.15, 0.2) is 5.96 Å². The Morgan fingerprint density at radius 2 is 1.88 bits per heavy atom. The molecular formula is C24H36IN5O2. The molecule has 0 atom stereocenters. The zero-order chi connectivity index (χ0) is 21.7. The fourth-order valence-corrected chi connectivity index (χ4v) is 3.37. The second-order valence-corrected chi connectivity index (χ2v) is 7.56. The third kappa shape index (κ3) is 8.91. The summed E-state index contributed by atoms with van der Waals surface area (Å²) < 4.78 is 11.0. The molecule has 8 heteroatoms. The van der Waals surface area contributed by atoms with Crippen LogP contribution in [0.1, 0.15) is 37.0 Å². The van der Waals surface area contributed by atoms with Crippen LogP contribution in [0.2, 0.25) is 0 Å². The van der Waals surface area contributed by atoms with E-state index in [4.69, 9.17) is 14.5 Å². The van der Waals surface area contributed by atoms with Crippen LogP contribution in [0.15, 0.2) is 47.6 Å². The number of halogens is 1. The van der Waals surface area contributed by atoms with Crippen molar-refractivity contribution < 1.29 is 9.47 Å². The molecule has 7 nitrogen and oxygen atoms in total. The Bertz CT molecular complexity index is 810. The summed E-state index contributed by atoms with van der Waals surface area (Å²) in [4.78, 5) is 11.5. The van der Waals surface area contributed by atoms with E-state index in [1.165, 1.54) is 11.1 Å². The lowest BCUT2D eigenvalue weighted by atomic mass is 10.1. The highest BCUT2D eigenvalue weighted by Crippen LogP contribution is 2.13. The van der Waals surface area contributed by atoms with Gasteiger partial charge in [-0.1, -0.05) is 37.3 Å². The van der Waals surface area contributed by atoms with Gasteiger partial charge in [0, 0.05) is 45.0 Å². The molecule has 176 valence electrons. The van der Waals surface area contributed by atoms with E-state index in [9.17, 15) is 0 Å². The average Bonchev–Trinajstić information content (AvgIpc) is 2.82. The SMILES string of the molecule is CCCOc1ccc(CN=C(NCC)NCc2ccccc2CN2CCOCC2)cn1.I. The van der Waals surface area contributed by atoms with Gasteiger partial charge >= 0.3 is 0 Å². The van der Waals surface area contributed by atoms with Gasteiger partial charge in [0.05, 0.1) is 26.4 Å². The zero-order valence-electron chi connectivity index (χ0n) is 19.2. The number of nitrogens with one attached hydrogen (secondary N) is 2. The van der Waals surface area contributed by atoms with Gasteiger partial charge < -0.3 is 20.1 Å². The number of ether oxygens (including phenoxy) is 2. The molecule has 2 N–H and O–H groups in total. The van der Waals surface area contributed by atoms with Crippen molar-refractivity contribution in [3.05, 3.63) is 59.3 Å². The van der Waals surface area contributed by atoms with Crippen molar-refractivity contribution in [1.82, 2.24) is 20.5 Å². The second-order valence-electron chi connectivity index (χ2n) is 7.56. The maximum atomic E-state index is 5.55. The van der Waals surface area contributed by atoms with Crippen LogP contribution in [0.5, 0.6) is 5.88 Å². The normalized spacial score (nSPS) is 14.5. The fraction of sp³-hybridized carbons (Fsp3) is 0.500. The summed E-state index contributed by atoms with van der Waals surface area (Å²) in [6, 6.07) is 12.5. The van der Waals surface area contributed by atoms with Crippen LogP contribution in [0, 0.1) is 0 Å². The van der Waals surface area contributed by atoms with Gasteiger partial charge in [-0.2, -0.15) is 0 Å². The molecule has 3 rings (SSSR count). The van der Waals surface area contributed by atoms with E-state index in [2.05, 4.69) is 58.6 Å². The maximum Gasteiger partial charge on any atom is 0.213 e. The van der Waals surface area contributed by atoms with E-state index in [1.54, 1.807) is 0 Å². The molecule has 32 heavy (non-hydrogen) atoms. The summed E-state index contributed by atoms with van der Waals surface area (Å²) in [7, 11) is 0. The van der Waals surface area contributed by atoms with Crippen LogP contribution < -0.4 is 15.4 Å². The smallest absolute Gasteiger partial charge is 0.213 e. The van der Waals surface area contributed by atoms with E-state index in [-0.39, 0.29) is 24.0 Å². The number of rotatable bonds is 10. The predicted molar refractivity (Wildman–Crippen MR) is 140 cm³/mol. The fourth-order valence-electron chi connectivity index (χ4n) is 3.37. The average molecular weight is 553 g/mol. The molecule has 0 bridgehead atoms. The van der Waals surface area contributed by atoms with Crippen LogP contribution in [0.4, 0.5) is 0 Å². The van der Waals surface area contributed by atoms with E-state index in [1.807, 2.05) is 18.3 Å². The summed E-state index contributed by atoms with van der Waals surface area (Å²) in [5.74, 6) is 1.46. The lowest BCUT2D eigenvalue weighted by Crippen LogP contribution is -2.38. The molecule has 0 unspecified atom stereocenters.